The number of benzene rings is 1. The van der Waals surface area contributed by atoms with E-state index in [-0.39, 0.29) is 34.4 Å². The second kappa shape index (κ2) is 10.0. The second-order valence-electron chi connectivity index (χ2n) is 8.92. The summed E-state index contributed by atoms with van der Waals surface area (Å²) in [5.74, 6) is 0.632. The van der Waals surface area contributed by atoms with Gasteiger partial charge in [-0.2, -0.15) is 0 Å². The molecule has 0 bridgehead atoms. The van der Waals surface area contributed by atoms with E-state index in [1.54, 1.807) is 56.8 Å². The van der Waals surface area contributed by atoms with Crippen LogP contribution in [0.2, 0.25) is 5.15 Å². The van der Waals surface area contributed by atoms with Gasteiger partial charge in [0.1, 0.15) is 37.4 Å². The maximum atomic E-state index is 13.9. The standard InChI is InChI=1S/C25H27ClN6O3S/c1-31-24(33)21(22(27)32-19-6-4-3-5-18(19)30-25(31)32)23(29-14-15-7-12-20(26)28-13-15)36(34)17-10-8-16(35-2)9-11-17/h7-13,18-19,27,29H,3-6,14H2,1-2H3. The number of aromatic nitrogens is 3. The van der Waals surface area contributed by atoms with E-state index in [9.17, 15) is 9.00 Å². The molecule has 3 unspecified atom stereocenters. The normalized spacial score (nSPS) is 20.1. The zero-order valence-corrected chi connectivity index (χ0v) is 21.6. The van der Waals surface area contributed by atoms with Crippen LogP contribution in [-0.2, 0) is 24.4 Å². The molecule has 9 nitrogen and oxygen atoms in total. The van der Waals surface area contributed by atoms with Crippen LogP contribution in [0.1, 0.15) is 37.3 Å². The zero-order chi connectivity index (χ0) is 25.4. The van der Waals surface area contributed by atoms with Crippen LogP contribution in [0.5, 0.6) is 5.75 Å². The third-order valence-electron chi connectivity index (χ3n) is 6.75. The van der Waals surface area contributed by atoms with Crippen LogP contribution in [0.15, 0.2) is 57.3 Å². The minimum absolute atomic E-state index is 0.0305. The third-order valence-corrected chi connectivity index (χ3v) is 8.39. The largest absolute Gasteiger partial charge is 0.497 e. The van der Waals surface area contributed by atoms with Crippen molar-refractivity contribution in [3.63, 3.8) is 0 Å². The highest BCUT2D eigenvalue weighted by Crippen LogP contribution is 2.31. The lowest BCUT2D eigenvalue weighted by Crippen LogP contribution is -2.59. The van der Waals surface area contributed by atoms with Crippen molar-refractivity contribution in [3.8, 4) is 5.75 Å². The first-order valence-corrected chi connectivity index (χ1v) is 13.3. The van der Waals surface area contributed by atoms with Gasteiger partial charge < -0.3 is 10.1 Å². The average molecular weight is 527 g/mol. The summed E-state index contributed by atoms with van der Waals surface area (Å²) in [6, 6.07) is 10.4. The minimum Gasteiger partial charge on any atom is -0.497 e. The Kier molecular flexibility index (Phi) is 6.81. The first-order valence-electron chi connectivity index (χ1n) is 11.8. The smallest absolute Gasteiger partial charge is 0.266 e. The van der Waals surface area contributed by atoms with E-state index in [1.165, 1.54) is 4.57 Å². The molecule has 2 aliphatic rings. The van der Waals surface area contributed by atoms with Crippen molar-refractivity contribution in [1.29, 1.82) is 5.41 Å². The Morgan fingerprint density at radius 3 is 2.67 bits per heavy atom. The number of halogens is 1. The molecule has 0 saturated heterocycles. The third kappa shape index (κ3) is 4.39. The van der Waals surface area contributed by atoms with Gasteiger partial charge in [-0.05, 0) is 48.7 Å². The fourth-order valence-electron chi connectivity index (χ4n) is 4.86. The number of rotatable bonds is 6. The number of nitrogens with one attached hydrogen (secondary N) is 2. The van der Waals surface area contributed by atoms with Crippen LogP contribution >= 0.6 is 11.6 Å². The molecule has 36 heavy (non-hydrogen) atoms. The molecule has 1 fully saturated rings. The van der Waals surface area contributed by atoms with Gasteiger partial charge >= 0.3 is 0 Å². The highest BCUT2D eigenvalue weighted by molar-refractivity contribution is 7.94. The lowest BCUT2D eigenvalue weighted by atomic mass is 9.91. The average Bonchev–Trinajstić information content (AvgIpc) is 3.30. The molecule has 3 atom stereocenters. The molecule has 3 heterocycles. The number of hydrogen-bond donors (Lipinski definition) is 2. The number of pyridine rings is 1. The summed E-state index contributed by atoms with van der Waals surface area (Å²) in [5.41, 5.74) is 0.919. The first kappa shape index (κ1) is 24.5. The molecule has 0 radical (unpaired) electrons. The predicted molar refractivity (Wildman–Crippen MR) is 136 cm³/mol. The molecule has 0 spiro atoms. The summed E-state index contributed by atoms with van der Waals surface area (Å²) in [7, 11) is 1.45. The van der Waals surface area contributed by atoms with Crippen molar-refractivity contribution in [1.82, 2.24) is 19.4 Å². The molecule has 11 heteroatoms. The van der Waals surface area contributed by atoms with E-state index in [2.05, 4.69) is 10.3 Å². The highest BCUT2D eigenvalue weighted by Gasteiger charge is 2.33. The van der Waals surface area contributed by atoms with Gasteiger partial charge in [0.25, 0.3) is 5.56 Å². The van der Waals surface area contributed by atoms with Crippen LogP contribution in [0.25, 0.3) is 5.03 Å². The number of fused-ring (bicyclic) bond motifs is 3. The van der Waals surface area contributed by atoms with Crippen molar-refractivity contribution >= 4 is 27.4 Å². The summed E-state index contributed by atoms with van der Waals surface area (Å²) in [5, 5.41) is 12.9. The monoisotopic (exact) mass is 526 g/mol. The fraction of sp³-hybridized carbons (Fsp3) is 0.360. The molecule has 188 valence electrons. The Morgan fingerprint density at radius 2 is 1.97 bits per heavy atom. The van der Waals surface area contributed by atoms with Crippen LogP contribution in [-0.4, -0.2) is 31.5 Å². The molecule has 2 aromatic heterocycles. The Labute approximate surface area is 215 Å². The zero-order valence-electron chi connectivity index (χ0n) is 20.0. The number of hydrogen-bond acceptors (Lipinski definition) is 7. The van der Waals surface area contributed by atoms with E-state index >= 15 is 0 Å². The van der Waals surface area contributed by atoms with E-state index in [1.807, 2.05) is 4.57 Å². The van der Waals surface area contributed by atoms with E-state index < -0.39 is 16.4 Å². The molecular formula is C25H27ClN6O3S. The van der Waals surface area contributed by atoms with Gasteiger partial charge in [-0.1, -0.05) is 30.5 Å². The maximum Gasteiger partial charge on any atom is 0.266 e. The minimum atomic E-state index is -1.77. The van der Waals surface area contributed by atoms with Gasteiger partial charge in [0.05, 0.1) is 19.2 Å². The van der Waals surface area contributed by atoms with Crippen molar-refractivity contribution in [2.75, 3.05) is 7.11 Å². The Hall–Kier alpha value is -3.24. The molecule has 1 aliphatic carbocycles. The number of methoxy groups -OCH3 is 1. The SMILES string of the molecule is COc1ccc(S(=O)C(NCc2ccc(Cl)nc2)=c2c(=O)n(C)c3n(c2=N)C2CCCCC2N=3)cc1. The van der Waals surface area contributed by atoms with Crippen LogP contribution in [0.4, 0.5) is 0 Å². The topological polar surface area (TPSA) is 114 Å². The second-order valence-corrected chi connectivity index (χ2v) is 10.7. The van der Waals surface area contributed by atoms with Crippen molar-refractivity contribution in [2.24, 2.45) is 12.0 Å². The number of nitrogens with zero attached hydrogens (tertiary/aromatic N) is 4. The van der Waals surface area contributed by atoms with Gasteiger partial charge in [0.2, 0.25) is 5.62 Å². The lowest BCUT2D eigenvalue weighted by Gasteiger charge is -2.25. The van der Waals surface area contributed by atoms with Crippen molar-refractivity contribution in [2.45, 2.75) is 49.2 Å². The van der Waals surface area contributed by atoms with E-state index in [0.29, 0.717) is 21.4 Å². The van der Waals surface area contributed by atoms with Crippen LogP contribution in [0, 0.1) is 5.41 Å². The first-order chi connectivity index (χ1) is 17.4. The summed E-state index contributed by atoms with van der Waals surface area (Å²) < 4.78 is 22.4. The van der Waals surface area contributed by atoms with Crippen LogP contribution in [0.3, 0.4) is 0 Å². The molecule has 1 saturated carbocycles. The molecule has 2 N–H and O–H groups in total. The molecule has 1 aromatic carbocycles. The molecule has 5 rings (SSSR count). The fourth-order valence-corrected chi connectivity index (χ4v) is 6.16. The van der Waals surface area contributed by atoms with Gasteiger partial charge in [0.15, 0.2) is 0 Å². The lowest BCUT2D eigenvalue weighted by molar-refractivity contribution is 0.321. The molecular weight excluding hydrogens is 500 g/mol. The summed E-state index contributed by atoms with van der Waals surface area (Å²) in [4.78, 5) is 23.0. The molecule has 0 amide bonds. The van der Waals surface area contributed by atoms with E-state index in [4.69, 9.17) is 26.7 Å². The Balaban J connectivity index is 1.70. The summed E-state index contributed by atoms with van der Waals surface area (Å²) in [6.45, 7) is 0.252. The Bertz CT molecular complexity index is 1560. The predicted octanol–water partition coefficient (Wildman–Crippen LogP) is 1.50. The van der Waals surface area contributed by atoms with Gasteiger partial charge in [-0.3, -0.25) is 19.3 Å². The maximum absolute atomic E-state index is 13.9. The van der Waals surface area contributed by atoms with Gasteiger partial charge in [0, 0.05) is 24.7 Å². The van der Waals surface area contributed by atoms with Gasteiger partial charge in [-0.25, -0.2) is 14.2 Å². The molecule has 1 aliphatic heterocycles. The van der Waals surface area contributed by atoms with E-state index in [0.717, 1.165) is 31.2 Å². The highest BCUT2D eigenvalue weighted by atomic mass is 35.5. The van der Waals surface area contributed by atoms with Crippen molar-refractivity contribution in [3.05, 3.63) is 80.0 Å². The summed E-state index contributed by atoms with van der Waals surface area (Å²) >= 11 is 5.92. The van der Waals surface area contributed by atoms with Crippen molar-refractivity contribution < 1.29 is 8.95 Å². The van der Waals surface area contributed by atoms with Crippen LogP contribution < -0.4 is 31.9 Å². The number of ether oxygens (including phenoxy) is 1. The van der Waals surface area contributed by atoms with Gasteiger partial charge in [-0.15, -0.1) is 0 Å². The summed E-state index contributed by atoms with van der Waals surface area (Å²) in [6.07, 6.45) is 5.59. The Morgan fingerprint density at radius 1 is 1.22 bits per heavy atom. The molecule has 3 aromatic rings. The quantitative estimate of drug-likeness (QED) is 0.472.